The average molecular weight is 267 g/mol. The zero-order valence-electron chi connectivity index (χ0n) is 11.9. The maximum Gasteiger partial charge on any atom is 0.110 e. The lowest BCUT2D eigenvalue weighted by Crippen LogP contribution is -2.55. The second-order valence-corrected chi connectivity index (χ2v) is 5.14. The molecule has 1 aliphatic rings. The molecule has 6 heteroatoms. The van der Waals surface area contributed by atoms with Crippen LogP contribution in [0.5, 0.6) is 0 Å². The van der Waals surface area contributed by atoms with Gasteiger partial charge in [0.2, 0.25) is 0 Å². The van der Waals surface area contributed by atoms with Crippen LogP contribution in [0.25, 0.3) is 0 Å². The lowest BCUT2D eigenvalue weighted by atomic mass is 10.1. The minimum absolute atomic E-state index is 0.0979. The number of aryl methyl sites for hydroxylation is 1. The van der Waals surface area contributed by atoms with Crippen LogP contribution in [-0.4, -0.2) is 52.8 Å². The molecule has 0 aromatic carbocycles. The summed E-state index contributed by atoms with van der Waals surface area (Å²) in [7, 11) is 2.00. The Bertz CT molecular complexity index is 379. The number of hydrogen-bond donors (Lipinski definition) is 2. The molecule has 2 rings (SSSR count). The largest absolute Gasteiger partial charge is 0.374 e. The van der Waals surface area contributed by atoms with E-state index in [4.69, 9.17) is 10.6 Å². The Hall–Kier alpha value is -0.950. The van der Waals surface area contributed by atoms with E-state index in [2.05, 4.69) is 22.2 Å². The summed E-state index contributed by atoms with van der Waals surface area (Å²) < 4.78 is 7.90. The maximum absolute atomic E-state index is 5.87. The number of nitrogens with one attached hydrogen (secondary N) is 1. The van der Waals surface area contributed by atoms with Gasteiger partial charge in [-0.2, -0.15) is 0 Å². The number of imidazole rings is 1. The normalized spacial score (nSPS) is 22.6. The van der Waals surface area contributed by atoms with Crippen molar-refractivity contribution in [2.45, 2.75) is 31.9 Å². The van der Waals surface area contributed by atoms with Gasteiger partial charge in [-0.05, 0) is 13.0 Å². The first-order valence-corrected chi connectivity index (χ1v) is 7.01. The standard InChI is InChI=1S/C13H25N5O/c1-3-5-18-7-8-19-12(10-18)11(16-14)9-13-15-4-6-17(13)2/h4,6,11-12,16H,3,5,7-10,14H2,1-2H3. The Morgan fingerprint density at radius 1 is 1.63 bits per heavy atom. The smallest absolute Gasteiger partial charge is 0.110 e. The Morgan fingerprint density at radius 2 is 2.47 bits per heavy atom. The maximum atomic E-state index is 5.87. The Balaban J connectivity index is 1.95. The van der Waals surface area contributed by atoms with Crippen LogP contribution in [0.4, 0.5) is 0 Å². The second kappa shape index (κ2) is 7.00. The predicted octanol–water partition coefficient (Wildman–Crippen LogP) is -0.0947. The van der Waals surface area contributed by atoms with Crippen LogP contribution in [0.15, 0.2) is 12.4 Å². The van der Waals surface area contributed by atoms with Gasteiger partial charge in [0.25, 0.3) is 0 Å². The monoisotopic (exact) mass is 267 g/mol. The zero-order chi connectivity index (χ0) is 13.7. The quantitative estimate of drug-likeness (QED) is 0.557. The summed E-state index contributed by atoms with van der Waals surface area (Å²) in [6.07, 6.45) is 5.85. The zero-order valence-corrected chi connectivity index (χ0v) is 11.9. The molecule has 1 aromatic heterocycles. The lowest BCUT2D eigenvalue weighted by Gasteiger charge is -2.36. The summed E-state index contributed by atoms with van der Waals surface area (Å²) in [4.78, 5) is 6.79. The van der Waals surface area contributed by atoms with Gasteiger partial charge >= 0.3 is 0 Å². The number of ether oxygens (including phenoxy) is 1. The first-order chi connectivity index (χ1) is 9.24. The summed E-state index contributed by atoms with van der Waals surface area (Å²) in [5, 5.41) is 0. The number of morpholine rings is 1. The van der Waals surface area contributed by atoms with Gasteiger partial charge in [-0.1, -0.05) is 6.92 Å². The molecule has 0 aliphatic carbocycles. The molecule has 0 radical (unpaired) electrons. The Morgan fingerprint density at radius 3 is 3.11 bits per heavy atom. The molecule has 1 fully saturated rings. The van der Waals surface area contributed by atoms with E-state index in [0.717, 1.165) is 38.5 Å². The highest BCUT2D eigenvalue weighted by atomic mass is 16.5. The fourth-order valence-corrected chi connectivity index (χ4v) is 2.58. The average Bonchev–Trinajstić information content (AvgIpc) is 2.82. The third-order valence-electron chi connectivity index (χ3n) is 3.70. The predicted molar refractivity (Wildman–Crippen MR) is 74.5 cm³/mol. The number of hydrogen-bond acceptors (Lipinski definition) is 5. The van der Waals surface area contributed by atoms with Crippen LogP contribution >= 0.6 is 0 Å². The summed E-state index contributed by atoms with van der Waals surface area (Å²) in [5.74, 6) is 6.73. The summed E-state index contributed by atoms with van der Waals surface area (Å²) >= 11 is 0. The van der Waals surface area contributed by atoms with Gasteiger partial charge in [0.1, 0.15) is 5.82 Å². The molecule has 0 bridgehead atoms. The third kappa shape index (κ3) is 3.76. The topological polar surface area (TPSA) is 68.3 Å². The van der Waals surface area contributed by atoms with E-state index < -0.39 is 0 Å². The van der Waals surface area contributed by atoms with Gasteiger partial charge in [0.15, 0.2) is 0 Å². The van der Waals surface area contributed by atoms with Crippen molar-refractivity contribution in [3.63, 3.8) is 0 Å². The molecule has 3 N–H and O–H groups in total. The SMILES string of the molecule is CCCN1CCOC(C(Cc2nccn2C)NN)C1. The molecule has 1 aromatic rings. The first-order valence-electron chi connectivity index (χ1n) is 7.01. The molecule has 19 heavy (non-hydrogen) atoms. The first kappa shape index (κ1) is 14.5. The molecule has 1 saturated heterocycles. The van der Waals surface area contributed by atoms with Gasteiger partial charge in [-0.15, -0.1) is 0 Å². The molecule has 0 saturated carbocycles. The molecule has 2 unspecified atom stereocenters. The van der Waals surface area contributed by atoms with Crippen LogP contribution in [-0.2, 0) is 18.2 Å². The molecule has 2 heterocycles. The minimum Gasteiger partial charge on any atom is -0.374 e. The van der Waals surface area contributed by atoms with Crippen LogP contribution in [0, 0.1) is 0 Å². The number of rotatable bonds is 6. The highest BCUT2D eigenvalue weighted by Gasteiger charge is 2.28. The van der Waals surface area contributed by atoms with Gasteiger partial charge in [0, 0.05) is 39.0 Å². The minimum atomic E-state index is 0.0979. The van der Waals surface area contributed by atoms with Crippen LogP contribution in [0.1, 0.15) is 19.2 Å². The third-order valence-corrected chi connectivity index (χ3v) is 3.70. The van der Waals surface area contributed by atoms with Crippen molar-refractivity contribution in [2.24, 2.45) is 12.9 Å². The molecule has 1 aliphatic heterocycles. The van der Waals surface area contributed by atoms with Crippen molar-refractivity contribution in [3.8, 4) is 0 Å². The highest BCUT2D eigenvalue weighted by molar-refractivity contribution is 4.97. The molecule has 0 spiro atoms. The van der Waals surface area contributed by atoms with E-state index in [1.54, 1.807) is 0 Å². The molecular formula is C13H25N5O. The van der Waals surface area contributed by atoms with Crippen molar-refractivity contribution < 1.29 is 4.74 Å². The summed E-state index contributed by atoms with van der Waals surface area (Å²) in [6.45, 7) is 6.07. The van der Waals surface area contributed by atoms with E-state index in [1.807, 2.05) is 24.0 Å². The fourth-order valence-electron chi connectivity index (χ4n) is 2.58. The van der Waals surface area contributed by atoms with Crippen molar-refractivity contribution in [3.05, 3.63) is 18.2 Å². The van der Waals surface area contributed by atoms with Crippen molar-refractivity contribution >= 4 is 0 Å². The van der Waals surface area contributed by atoms with E-state index in [1.165, 1.54) is 6.42 Å². The number of nitrogens with two attached hydrogens (primary N) is 1. The van der Waals surface area contributed by atoms with Gasteiger partial charge in [-0.3, -0.25) is 16.2 Å². The van der Waals surface area contributed by atoms with Crippen molar-refractivity contribution in [1.29, 1.82) is 0 Å². The van der Waals surface area contributed by atoms with Crippen LogP contribution in [0.2, 0.25) is 0 Å². The highest BCUT2D eigenvalue weighted by Crippen LogP contribution is 2.12. The lowest BCUT2D eigenvalue weighted by molar-refractivity contribution is -0.0465. The van der Waals surface area contributed by atoms with Crippen LogP contribution in [0.3, 0.4) is 0 Å². The van der Waals surface area contributed by atoms with Crippen molar-refractivity contribution in [2.75, 3.05) is 26.2 Å². The Labute approximate surface area is 114 Å². The van der Waals surface area contributed by atoms with Gasteiger partial charge in [0.05, 0.1) is 18.8 Å². The molecule has 6 nitrogen and oxygen atoms in total. The van der Waals surface area contributed by atoms with Crippen molar-refractivity contribution in [1.82, 2.24) is 19.9 Å². The van der Waals surface area contributed by atoms with Crippen LogP contribution < -0.4 is 11.3 Å². The molecule has 2 atom stereocenters. The second-order valence-electron chi connectivity index (χ2n) is 5.14. The van der Waals surface area contributed by atoms with E-state index in [0.29, 0.717) is 0 Å². The van der Waals surface area contributed by atoms with E-state index in [-0.39, 0.29) is 12.1 Å². The summed E-state index contributed by atoms with van der Waals surface area (Å²) in [5.41, 5.74) is 2.89. The molecule has 0 amide bonds. The number of hydrazine groups is 1. The van der Waals surface area contributed by atoms with Gasteiger partial charge in [-0.25, -0.2) is 4.98 Å². The van der Waals surface area contributed by atoms with Gasteiger partial charge < -0.3 is 9.30 Å². The Kier molecular flexibility index (Phi) is 5.33. The molecule has 108 valence electrons. The van der Waals surface area contributed by atoms with E-state index >= 15 is 0 Å². The fraction of sp³-hybridized carbons (Fsp3) is 0.769. The summed E-state index contributed by atoms with van der Waals surface area (Å²) in [6, 6.07) is 0.0979. The number of aromatic nitrogens is 2. The number of nitrogens with zero attached hydrogens (tertiary/aromatic N) is 3. The molecular weight excluding hydrogens is 242 g/mol. The van der Waals surface area contributed by atoms with E-state index in [9.17, 15) is 0 Å².